The van der Waals surface area contributed by atoms with E-state index in [1.165, 1.54) is 5.56 Å². The van der Waals surface area contributed by atoms with Crippen LogP contribution in [0.3, 0.4) is 0 Å². The van der Waals surface area contributed by atoms with Gasteiger partial charge >= 0.3 is 0 Å². The molecule has 1 saturated heterocycles. The van der Waals surface area contributed by atoms with Gasteiger partial charge in [0.25, 0.3) is 5.91 Å². The topological polar surface area (TPSA) is 62.5 Å². The Morgan fingerprint density at radius 1 is 0.970 bits per heavy atom. The molecule has 0 aliphatic carbocycles. The van der Waals surface area contributed by atoms with Gasteiger partial charge in [0.2, 0.25) is 0 Å². The van der Waals surface area contributed by atoms with Crippen LogP contribution >= 0.6 is 0 Å². The number of amides is 1. The smallest absolute Gasteiger partial charge is 0.254 e. The highest BCUT2D eigenvalue weighted by Crippen LogP contribution is 2.28. The fraction of sp³-hybridized carbons (Fsp3) is 0.296. The highest BCUT2D eigenvalue weighted by molar-refractivity contribution is 6.07. The lowest BCUT2D eigenvalue weighted by atomic mass is 9.99. The molecule has 3 heterocycles. The van der Waals surface area contributed by atoms with Gasteiger partial charge in [-0.1, -0.05) is 47.1 Å². The van der Waals surface area contributed by atoms with Crippen LogP contribution in [-0.4, -0.2) is 52.0 Å². The lowest BCUT2D eigenvalue weighted by Crippen LogP contribution is -2.48. The minimum atomic E-state index is 0.0646. The number of carbonyl (C=O) groups is 1. The third-order valence-corrected chi connectivity index (χ3v) is 6.32. The molecule has 2 aromatic heterocycles. The Balaban J connectivity index is 1.41. The number of carbonyl (C=O) groups excluding carboxylic acids is 1. The van der Waals surface area contributed by atoms with Gasteiger partial charge in [-0.15, -0.1) is 0 Å². The van der Waals surface area contributed by atoms with Gasteiger partial charge in [0.1, 0.15) is 0 Å². The zero-order valence-corrected chi connectivity index (χ0v) is 19.3. The molecule has 0 radical (unpaired) electrons. The van der Waals surface area contributed by atoms with E-state index >= 15 is 0 Å². The maximum atomic E-state index is 13.7. The first-order chi connectivity index (χ1) is 16.0. The Kier molecular flexibility index (Phi) is 5.68. The Hall–Kier alpha value is -3.51. The summed E-state index contributed by atoms with van der Waals surface area (Å²) in [5.41, 5.74) is 6.73. The number of hydrogen-bond acceptors (Lipinski definition) is 5. The van der Waals surface area contributed by atoms with Crippen molar-refractivity contribution in [1.82, 2.24) is 19.9 Å². The Labute approximate surface area is 193 Å². The average Bonchev–Trinajstić information content (AvgIpc) is 3.23. The third-order valence-electron chi connectivity index (χ3n) is 6.32. The van der Waals surface area contributed by atoms with Crippen molar-refractivity contribution in [3.05, 3.63) is 82.7 Å². The van der Waals surface area contributed by atoms with E-state index in [9.17, 15) is 4.79 Å². The number of aryl methyl sites for hydroxylation is 3. The van der Waals surface area contributed by atoms with Crippen molar-refractivity contribution >= 4 is 16.8 Å². The van der Waals surface area contributed by atoms with Crippen LogP contribution in [0.15, 0.2) is 59.1 Å². The van der Waals surface area contributed by atoms with Gasteiger partial charge in [-0.2, -0.15) is 0 Å². The summed E-state index contributed by atoms with van der Waals surface area (Å²) in [5, 5.41) is 4.86. The molecule has 0 saturated carbocycles. The largest absolute Gasteiger partial charge is 0.360 e. The number of nitrogens with zero attached hydrogens (tertiary/aromatic N) is 4. The van der Waals surface area contributed by atoms with Gasteiger partial charge in [-0.25, -0.2) is 4.98 Å². The first-order valence-corrected chi connectivity index (χ1v) is 11.4. The molecule has 1 aliphatic heterocycles. The van der Waals surface area contributed by atoms with Crippen LogP contribution in [0.4, 0.5) is 0 Å². The molecule has 0 unspecified atom stereocenters. The highest BCUT2D eigenvalue weighted by atomic mass is 16.5. The summed E-state index contributed by atoms with van der Waals surface area (Å²) in [5.74, 6) is 0.931. The predicted molar refractivity (Wildman–Crippen MR) is 129 cm³/mol. The van der Waals surface area contributed by atoms with Crippen molar-refractivity contribution < 1.29 is 9.32 Å². The van der Waals surface area contributed by atoms with Crippen molar-refractivity contribution in [3.8, 4) is 11.3 Å². The Morgan fingerprint density at radius 2 is 1.76 bits per heavy atom. The zero-order valence-electron chi connectivity index (χ0n) is 19.3. The molecule has 6 heteroatoms. The first kappa shape index (κ1) is 21.3. The molecule has 1 aliphatic rings. The summed E-state index contributed by atoms with van der Waals surface area (Å²) >= 11 is 0. The van der Waals surface area contributed by atoms with Crippen molar-refractivity contribution in [2.24, 2.45) is 0 Å². The molecule has 2 aromatic carbocycles. The van der Waals surface area contributed by atoms with Gasteiger partial charge in [0.05, 0.1) is 29.0 Å². The molecule has 168 valence electrons. The van der Waals surface area contributed by atoms with E-state index in [0.29, 0.717) is 13.1 Å². The highest BCUT2D eigenvalue weighted by Gasteiger charge is 2.25. The van der Waals surface area contributed by atoms with Crippen molar-refractivity contribution in [2.75, 3.05) is 26.2 Å². The van der Waals surface area contributed by atoms with Gasteiger partial charge in [0.15, 0.2) is 5.76 Å². The van der Waals surface area contributed by atoms with Crippen LogP contribution < -0.4 is 0 Å². The van der Waals surface area contributed by atoms with Crippen LogP contribution in [0.5, 0.6) is 0 Å². The van der Waals surface area contributed by atoms with Crippen LogP contribution in [-0.2, 0) is 6.54 Å². The van der Waals surface area contributed by atoms with Gasteiger partial charge < -0.3 is 9.42 Å². The number of aromatic nitrogens is 2. The maximum Gasteiger partial charge on any atom is 0.254 e. The number of rotatable bonds is 4. The summed E-state index contributed by atoms with van der Waals surface area (Å²) in [7, 11) is 0. The fourth-order valence-corrected chi connectivity index (χ4v) is 4.58. The second-order valence-electron chi connectivity index (χ2n) is 8.89. The SMILES string of the molecule is Cc1ccc(-c2cc(C(=O)N3CCN(Cc4cc(C)no4)CC3)c3ccccc3n2)c(C)c1. The van der Waals surface area contributed by atoms with E-state index < -0.39 is 0 Å². The van der Waals surface area contributed by atoms with E-state index in [1.54, 1.807) is 0 Å². The lowest BCUT2D eigenvalue weighted by molar-refractivity contribution is 0.0619. The number of hydrogen-bond donors (Lipinski definition) is 0. The van der Waals surface area contributed by atoms with Crippen LogP contribution in [0.1, 0.15) is 32.9 Å². The van der Waals surface area contributed by atoms with E-state index in [4.69, 9.17) is 9.51 Å². The summed E-state index contributed by atoms with van der Waals surface area (Å²) < 4.78 is 5.35. The van der Waals surface area contributed by atoms with E-state index in [0.717, 1.165) is 64.4 Å². The quantitative estimate of drug-likeness (QED) is 0.457. The van der Waals surface area contributed by atoms with Crippen molar-refractivity contribution in [3.63, 3.8) is 0 Å². The van der Waals surface area contributed by atoms with Crippen LogP contribution in [0.2, 0.25) is 0 Å². The molecule has 0 bridgehead atoms. The normalized spacial score (nSPS) is 14.7. The monoisotopic (exact) mass is 440 g/mol. The molecule has 6 nitrogen and oxygen atoms in total. The average molecular weight is 441 g/mol. The lowest BCUT2D eigenvalue weighted by Gasteiger charge is -2.34. The number of piperazine rings is 1. The Bertz CT molecular complexity index is 1320. The fourth-order valence-electron chi connectivity index (χ4n) is 4.58. The summed E-state index contributed by atoms with van der Waals surface area (Å²) in [4.78, 5) is 22.8. The maximum absolute atomic E-state index is 13.7. The Morgan fingerprint density at radius 3 is 2.48 bits per heavy atom. The molecule has 0 atom stereocenters. The van der Waals surface area contributed by atoms with Crippen LogP contribution in [0, 0.1) is 20.8 Å². The van der Waals surface area contributed by atoms with Gasteiger partial charge in [0, 0.05) is 43.2 Å². The molecular weight excluding hydrogens is 412 g/mol. The standard InChI is InChI=1S/C27H28N4O2/c1-18-8-9-22(19(2)14-18)26-16-24(23-6-4-5-7-25(23)28-26)27(32)31-12-10-30(11-13-31)17-21-15-20(3)29-33-21/h4-9,14-16H,10-13,17H2,1-3H3. The molecule has 4 aromatic rings. The first-order valence-electron chi connectivity index (χ1n) is 11.4. The molecule has 0 N–H and O–H groups in total. The molecular formula is C27H28N4O2. The molecule has 5 rings (SSSR count). The zero-order chi connectivity index (χ0) is 22.9. The summed E-state index contributed by atoms with van der Waals surface area (Å²) in [6, 6.07) is 18.2. The van der Waals surface area contributed by atoms with E-state index in [1.807, 2.05) is 48.2 Å². The van der Waals surface area contributed by atoms with Gasteiger partial charge in [-0.05, 0) is 38.5 Å². The minimum absolute atomic E-state index is 0.0646. The predicted octanol–water partition coefficient (Wildman–Crippen LogP) is 4.77. The van der Waals surface area contributed by atoms with Gasteiger partial charge in [-0.3, -0.25) is 9.69 Å². The summed E-state index contributed by atoms with van der Waals surface area (Å²) in [6.45, 7) is 9.80. The number of fused-ring (bicyclic) bond motifs is 1. The summed E-state index contributed by atoms with van der Waals surface area (Å²) in [6.07, 6.45) is 0. The minimum Gasteiger partial charge on any atom is -0.360 e. The molecule has 33 heavy (non-hydrogen) atoms. The number of para-hydroxylation sites is 1. The third kappa shape index (κ3) is 4.39. The second-order valence-corrected chi connectivity index (χ2v) is 8.89. The van der Waals surface area contributed by atoms with Crippen molar-refractivity contribution in [2.45, 2.75) is 27.3 Å². The van der Waals surface area contributed by atoms with E-state index in [2.05, 4.69) is 42.1 Å². The molecule has 1 fully saturated rings. The second kappa shape index (κ2) is 8.79. The molecule has 1 amide bonds. The number of benzene rings is 2. The van der Waals surface area contributed by atoms with Crippen molar-refractivity contribution in [1.29, 1.82) is 0 Å². The molecule has 0 spiro atoms. The van der Waals surface area contributed by atoms with E-state index in [-0.39, 0.29) is 5.91 Å². The number of pyridine rings is 1. The van der Waals surface area contributed by atoms with Crippen LogP contribution in [0.25, 0.3) is 22.2 Å².